The first kappa shape index (κ1) is 13.4. The van der Waals surface area contributed by atoms with E-state index in [2.05, 4.69) is 22.2 Å². The second kappa shape index (κ2) is 5.76. The normalized spacial score (nSPS) is 30.1. The van der Waals surface area contributed by atoms with Crippen LogP contribution in [0.25, 0.3) is 0 Å². The second-order valence-electron chi connectivity index (χ2n) is 5.30. The average Bonchev–Trinajstić information content (AvgIpc) is 2.43. The fraction of sp³-hybridized carbons (Fsp3) is 0.714. The number of likely N-dealkylation sites (N-methyl/N-ethyl adjacent to an activating group) is 1. The van der Waals surface area contributed by atoms with Crippen LogP contribution in [0.2, 0.25) is 0 Å². The van der Waals surface area contributed by atoms with E-state index in [4.69, 9.17) is 4.74 Å². The summed E-state index contributed by atoms with van der Waals surface area (Å²) < 4.78 is 5.90. The molecular weight excluding hydrogens is 226 g/mol. The highest BCUT2D eigenvalue weighted by molar-refractivity contribution is 5.11. The minimum atomic E-state index is -0.142. The monoisotopic (exact) mass is 249 g/mol. The molecule has 0 aromatic carbocycles. The number of ether oxygens (including phenoxy) is 1. The van der Waals surface area contributed by atoms with Gasteiger partial charge in [-0.3, -0.25) is 9.97 Å². The van der Waals surface area contributed by atoms with Gasteiger partial charge < -0.3 is 10.1 Å². The lowest BCUT2D eigenvalue weighted by molar-refractivity contribution is -0.0755. The molecule has 2 rings (SSSR count). The Hall–Kier alpha value is -1.00. The molecule has 0 saturated heterocycles. The van der Waals surface area contributed by atoms with E-state index in [1.807, 2.05) is 20.4 Å². The topological polar surface area (TPSA) is 47.0 Å². The third kappa shape index (κ3) is 2.54. The SMILES string of the molecule is CNC(c1cnccn1)C1(OC)CCC(C)CC1. The second-order valence-corrected chi connectivity index (χ2v) is 5.30. The van der Waals surface area contributed by atoms with Crippen molar-refractivity contribution in [1.29, 1.82) is 0 Å². The van der Waals surface area contributed by atoms with E-state index in [-0.39, 0.29) is 11.6 Å². The van der Waals surface area contributed by atoms with Crippen LogP contribution in [-0.2, 0) is 4.74 Å². The van der Waals surface area contributed by atoms with Gasteiger partial charge in [0.25, 0.3) is 0 Å². The first-order valence-corrected chi connectivity index (χ1v) is 6.70. The van der Waals surface area contributed by atoms with E-state index in [0.717, 1.165) is 24.5 Å². The number of methoxy groups -OCH3 is 1. The van der Waals surface area contributed by atoms with Gasteiger partial charge in [0.2, 0.25) is 0 Å². The zero-order valence-electron chi connectivity index (χ0n) is 11.5. The molecule has 4 heteroatoms. The fourth-order valence-corrected chi connectivity index (χ4v) is 3.00. The molecule has 1 atom stereocenters. The number of nitrogens with zero attached hydrogens (tertiary/aromatic N) is 2. The van der Waals surface area contributed by atoms with Gasteiger partial charge >= 0.3 is 0 Å². The van der Waals surface area contributed by atoms with Gasteiger partial charge in [-0.05, 0) is 38.6 Å². The van der Waals surface area contributed by atoms with Crippen LogP contribution in [-0.4, -0.2) is 29.7 Å². The number of aromatic nitrogens is 2. The smallest absolute Gasteiger partial charge is 0.0888 e. The molecule has 1 aliphatic rings. The van der Waals surface area contributed by atoms with Crippen molar-refractivity contribution in [3.05, 3.63) is 24.3 Å². The molecule has 0 spiro atoms. The standard InChI is InChI=1S/C14H23N3O/c1-11-4-6-14(18-3,7-5-11)13(15-2)12-10-16-8-9-17-12/h8-11,13,15H,4-7H2,1-3H3. The number of hydrogen-bond donors (Lipinski definition) is 1. The van der Waals surface area contributed by atoms with Gasteiger partial charge in [0.05, 0.1) is 23.5 Å². The molecule has 1 aromatic heterocycles. The Morgan fingerprint density at radius 3 is 2.61 bits per heavy atom. The summed E-state index contributed by atoms with van der Waals surface area (Å²) in [6.45, 7) is 2.32. The molecule has 0 radical (unpaired) electrons. The molecule has 1 heterocycles. The van der Waals surface area contributed by atoms with E-state index in [9.17, 15) is 0 Å². The Kier molecular flexibility index (Phi) is 4.30. The molecule has 0 amide bonds. The summed E-state index contributed by atoms with van der Waals surface area (Å²) in [6.07, 6.45) is 9.87. The minimum Gasteiger partial charge on any atom is -0.376 e. The summed E-state index contributed by atoms with van der Waals surface area (Å²) in [5.41, 5.74) is 0.827. The van der Waals surface area contributed by atoms with Gasteiger partial charge in [-0.1, -0.05) is 6.92 Å². The molecule has 1 N–H and O–H groups in total. The van der Waals surface area contributed by atoms with Gasteiger partial charge in [0.15, 0.2) is 0 Å². The summed E-state index contributed by atoms with van der Waals surface area (Å²) >= 11 is 0. The zero-order valence-corrected chi connectivity index (χ0v) is 11.5. The molecule has 1 fully saturated rings. The van der Waals surface area contributed by atoms with Crippen molar-refractivity contribution in [2.45, 2.75) is 44.2 Å². The average molecular weight is 249 g/mol. The van der Waals surface area contributed by atoms with Crippen molar-refractivity contribution in [3.63, 3.8) is 0 Å². The Morgan fingerprint density at radius 2 is 2.11 bits per heavy atom. The predicted octanol–water partition coefficient (Wildman–Crippen LogP) is 2.33. The molecule has 1 saturated carbocycles. The molecule has 0 aliphatic heterocycles. The summed E-state index contributed by atoms with van der Waals surface area (Å²) in [5, 5.41) is 3.37. The lowest BCUT2D eigenvalue weighted by Crippen LogP contribution is -2.47. The maximum Gasteiger partial charge on any atom is 0.0888 e. The summed E-state index contributed by atoms with van der Waals surface area (Å²) in [5.74, 6) is 0.799. The highest BCUT2D eigenvalue weighted by Crippen LogP contribution is 2.42. The fourth-order valence-electron chi connectivity index (χ4n) is 3.00. The third-order valence-electron chi connectivity index (χ3n) is 4.22. The van der Waals surface area contributed by atoms with Gasteiger partial charge in [-0.15, -0.1) is 0 Å². The summed E-state index contributed by atoms with van der Waals surface area (Å²) in [6, 6.07) is 0.115. The molecular formula is C14H23N3O. The van der Waals surface area contributed by atoms with Crippen LogP contribution < -0.4 is 5.32 Å². The number of hydrogen-bond acceptors (Lipinski definition) is 4. The van der Waals surface area contributed by atoms with Crippen molar-refractivity contribution < 1.29 is 4.74 Å². The van der Waals surface area contributed by atoms with E-state index in [0.29, 0.717) is 0 Å². The van der Waals surface area contributed by atoms with Crippen molar-refractivity contribution in [1.82, 2.24) is 15.3 Å². The van der Waals surface area contributed by atoms with Gasteiger partial charge in [0.1, 0.15) is 0 Å². The van der Waals surface area contributed by atoms with Crippen LogP contribution in [0.4, 0.5) is 0 Å². The predicted molar refractivity (Wildman–Crippen MR) is 71.2 cm³/mol. The Balaban J connectivity index is 2.24. The van der Waals surface area contributed by atoms with Crippen molar-refractivity contribution >= 4 is 0 Å². The quantitative estimate of drug-likeness (QED) is 0.889. The molecule has 4 nitrogen and oxygen atoms in total. The van der Waals surface area contributed by atoms with E-state index in [1.54, 1.807) is 12.4 Å². The van der Waals surface area contributed by atoms with Crippen LogP contribution >= 0.6 is 0 Å². The zero-order chi connectivity index (χ0) is 13.0. The van der Waals surface area contributed by atoms with E-state index >= 15 is 0 Å². The van der Waals surface area contributed by atoms with E-state index in [1.165, 1.54) is 12.8 Å². The van der Waals surface area contributed by atoms with Crippen LogP contribution in [0.15, 0.2) is 18.6 Å². The van der Waals surface area contributed by atoms with Gasteiger partial charge in [-0.25, -0.2) is 0 Å². The number of nitrogens with one attached hydrogen (secondary N) is 1. The van der Waals surface area contributed by atoms with E-state index < -0.39 is 0 Å². The lowest BCUT2D eigenvalue weighted by Gasteiger charge is -2.43. The lowest BCUT2D eigenvalue weighted by atomic mass is 9.74. The van der Waals surface area contributed by atoms with Crippen molar-refractivity contribution in [2.24, 2.45) is 5.92 Å². The van der Waals surface area contributed by atoms with Crippen LogP contribution in [0.5, 0.6) is 0 Å². The van der Waals surface area contributed by atoms with Gasteiger partial charge in [0, 0.05) is 19.5 Å². The first-order valence-electron chi connectivity index (χ1n) is 6.70. The van der Waals surface area contributed by atoms with Crippen molar-refractivity contribution in [3.8, 4) is 0 Å². The summed E-state index contributed by atoms with van der Waals surface area (Å²) in [7, 11) is 3.79. The summed E-state index contributed by atoms with van der Waals surface area (Å²) in [4.78, 5) is 8.60. The van der Waals surface area contributed by atoms with Gasteiger partial charge in [-0.2, -0.15) is 0 Å². The molecule has 0 bridgehead atoms. The third-order valence-corrected chi connectivity index (χ3v) is 4.22. The maximum atomic E-state index is 5.90. The maximum absolute atomic E-state index is 5.90. The molecule has 100 valence electrons. The molecule has 18 heavy (non-hydrogen) atoms. The highest BCUT2D eigenvalue weighted by atomic mass is 16.5. The molecule has 1 unspecified atom stereocenters. The Morgan fingerprint density at radius 1 is 1.39 bits per heavy atom. The molecule has 1 aliphatic carbocycles. The highest BCUT2D eigenvalue weighted by Gasteiger charge is 2.42. The first-order chi connectivity index (χ1) is 8.72. The number of rotatable bonds is 4. The minimum absolute atomic E-state index is 0.115. The van der Waals surface area contributed by atoms with Crippen LogP contribution in [0.1, 0.15) is 44.3 Å². The Bertz CT molecular complexity index is 361. The van der Waals surface area contributed by atoms with Crippen molar-refractivity contribution in [2.75, 3.05) is 14.2 Å². The van der Waals surface area contributed by atoms with Crippen LogP contribution in [0.3, 0.4) is 0 Å². The largest absolute Gasteiger partial charge is 0.376 e. The Labute approximate surface area is 109 Å². The molecule has 1 aromatic rings. The van der Waals surface area contributed by atoms with Crippen LogP contribution in [0, 0.1) is 5.92 Å².